The first-order valence-electron chi connectivity index (χ1n) is 4.07. The number of nitrogens with two attached hydrogens (primary N) is 1. The normalized spacial score (nSPS) is 13.8. The quantitative estimate of drug-likeness (QED) is 0.692. The lowest BCUT2D eigenvalue weighted by Gasteiger charge is -2.14. The molecule has 0 aliphatic carbocycles. The van der Waals surface area contributed by atoms with Crippen LogP contribution in [0.5, 0.6) is 0 Å². The van der Waals surface area contributed by atoms with Gasteiger partial charge in [0.05, 0.1) is 5.69 Å². The average Bonchev–Trinajstić information content (AvgIpc) is 2.50. The second-order valence-electron chi connectivity index (χ2n) is 3.15. The molecule has 0 amide bonds. The molecule has 0 aliphatic heterocycles. The minimum atomic E-state index is -0.551. The summed E-state index contributed by atoms with van der Waals surface area (Å²) in [6.07, 6.45) is 1.19. The largest absolute Gasteiger partial charge is 0.371 e. The molecule has 0 saturated carbocycles. The minimum absolute atomic E-state index is 0.163. The fourth-order valence-corrected chi connectivity index (χ4v) is 0.939. The van der Waals surface area contributed by atoms with Crippen LogP contribution >= 0.6 is 0 Å². The predicted octanol–water partition coefficient (Wildman–Crippen LogP) is 0.489. The molecular weight excluding hydrogens is 154 g/mol. The van der Waals surface area contributed by atoms with Crippen molar-refractivity contribution in [2.24, 2.45) is 11.7 Å². The van der Waals surface area contributed by atoms with Crippen LogP contribution in [0.3, 0.4) is 0 Å². The van der Waals surface area contributed by atoms with Crippen LogP contribution in [0.15, 0.2) is 12.3 Å². The maximum atomic E-state index is 9.57. The van der Waals surface area contributed by atoms with E-state index in [1.54, 1.807) is 6.20 Å². The molecule has 1 heterocycles. The van der Waals surface area contributed by atoms with E-state index < -0.39 is 6.23 Å². The van der Waals surface area contributed by atoms with Gasteiger partial charge in [-0.3, -0.25) is 0 Å². The molecule has 0 aliphatic rings. The van der Waals surface area contributed by atoms with E-state index in [-0.39, 0.29) is 5.92 Å². The molecule has 1 aromatic heterocycles. The smallest absolute Gasteiger partial charge is 0.149 e. The van der Waals surface area contributed by atoms with Gasteiger partial charge >= 0.3 is 0 Å². The van der Waals surface area contributed by atoms with Crippen LogP contribution in [0.1, 0.15) is 25.8 Å². The lowest BCUT2D eigenvalue weighted by Crippen LogP contribution is -2.15. The van der Waals surface area contributed by atoms with E-state index in [1.165, 1.54) is 4.68 Å². The van der Waals surface area contributed by atoms with Crippen LogP contribution in [0.2, 0.25) is 0 Å². The van der Waals surface area contributed by atoms with E-state index in [2.05, 4.69) is 5.10 Å². The Hall–Kier alpha value is -0.870. The lowest BCUT2D eigenvalue weighted by molar-refractivity contribution is 0.0445. The highest BCUT2D eigenvalue weighted by atomic mass is 16.3. The maximum Gasteiger partial charge on any atom is 0.149 e. The Kier molecular flexibility index (Phi) is 2.83. The van der Waals surface area contributed by atoms with Gasteiger partial charge in [0.25, 0.3) is 0 Å². The summed E-state index contributed by atoms with van der Waals surface area (Å²) in [6.45, 7) is 4.29. The van der Waals surface area contributed by atoms with Crippen molar-refractivity contribution in [1.82, 2.24) is 9.78 Å². The molecule has 1 atom stereocenters. The van der Waals surface area contributed by atoms with Gasteiger partial charge in [-0.05, 0) is 12.0 Å². The van der Waals surface area contributed by atoms with Crippen LogP contribution in [0.25, 0.3) is 0 Å². The van der Waals surface area contributed by atoms with E-state index in [0.717, 1.165) is 5.69 Å². The molecule has 1 rings (SSSR count). The zero-order chi connectivity index (χ0) is 9.14. The number of nitrogens with zero attached hydrogens (tertiary/aromatic N) is 2. The van der Waals surface area contributed by atoms with Gasteiger partial charge in [0.15, 0.2) is 0 Å². The van der Waals surface area contributed by atoms with E-state index in [4.69, 9.17) is 5.73 Å². The van der Waals surface area contributed by atoms with Crippen molar-refractivity contribution in [2.75, 3.05) is 0 Å². The molecule has 1 aromatic rings. The van der Waals surface area contributed by atoms with Crippen molar-refractivity contribution in [3.05, 3.63) is 18.0 Å². The summed E-state index contributed by atoms with van der Waals surface area (Å²) < 4.78 is 1.53. The van der Waals surface area contributed by atoms with Crippen LogP contribution in [0, 0.1) is 5.92 Å². The second-order valence-corrected chi connectivity index (χ2v) is 3.15. The number of aromatic nitrogens is 2. The summed E-state index contributed by atoms with van der Waals surface area (Å²) in [6, 6.07) is 1.81. The van der Waals surface area contributed by atoms with Crippen molar-refractivity contribution in [1.29, 1.82) is 0 Å². The van der Waals surface area contributed by atoms with E-state index in [1.807, 2.05) is 19.9 Å². The minimum Gasteiger partial charge on any atom is -0.371 e. The number of hydrogen-bond donors (Lipinski definition) is 2. The van der Waals surface area contributed by atoms with Gasteiger partial charge in [0.2, 0.25) is 0 Å². The summed E-state index contributed by atoms with van der Waals surface area (Å²) in [5.41, 5.74) is 6.18. The summed E-state index contributed by atoms with van der Waals surface area (Å²) in [5, 5.41) is 13.7. The van der Waals surface area contributed by atoms with Gasteiger partial charge in [-0.2, -0.15) is 5.10 Å². The number of rotatable bonds is 3. The SMILES string of the molecule is CC(C)C(O)n1ccc(CN)n1. The molecule has 68 valence electrons. The number of hydrogen-bond acceptors (Lipinski definition) is 3. The standard InChI is InChI=1S/C8H15N3O/c1-6(2)8(12)11-4-3-7(5-9)10-11/h3-4,6,8,12H,5,9H2,1-2H3. The molecule has 1 unspecified atom stereocenters. The molecule has 0 radical (unpaired) electrons. The molecule has 12 heavy (non-hydrogen) atoms. The molecule has 0 bridgehead atoms. The molecule has 3 N–H and O–H groups in total. The second kappa shape index (κ2) is 3.69. The topological polar surface area (TPSA) is 64.1 Å². The van der Waals surface area contributed by atoms with Gasteiger partial charge < -0.3 is 10.8 Å². The fraction of sp³-hybridized carbons (Fsp3) is 0.625. The van der Waals surface area contributed by atoms with Gasteiger partial charge in [-0.1, -0.05) is 13.8 Å². The summed E-state index contributed by atoms with van der Waals surface area (Å²) in [7, 11) is 0. The summed E-state index contributed by atoms with van der Waals surface area (Å²) >= 11 is 0. The monoisotopic (exact) mass is 169 g/mol. The van der Waals surface area contributed by atoms with Crippen molar-refractivity contribution in [3.63, 3.8) is 0 Å². The molecule has 0 saturated heterocycles. The number of aliphatic hydroxyl groups is 1. The van der Waals surface area contributed by atoms with Gasteiger partial charge in [0, 0.05) is 12.7 Å². The Morgan fingerprint density at radius 2 is 2.33 bits per heavy atom. The first-order chi connectivity index (χ1) is 5.65. The third kappa shape index (κ3) is 1.84. The Balaban J connectivity index is 2.74. The number of aliphatic hydroxyl groups excluding tert-OH is 1. The van der Waals surface area contributed by atoms with Crippen LogP contribution in [-0.2, 0) is 6.54 Å². The summed E-state index contributed by atoms with van der Waals surface area (Å²) in [4.78, 5) is 0. The highest BCUT2D eigenvalue weighted by Gasteiger charge is 2.11. The lowest BCUT2D eigenvalue weighted by atomic mass is 10.2. The molecule has 4 nitrogen and oxygen atoms in total. The third-order valence-electron chi connectivity index (χ3n) is 1.74. The zero-order valence-corrected chi connectivity index (χ0v) is 7.44. The first kappa shape index (κ1) is 9.22. The average molecular weight is 169 g/mol. The maximum absolute atomic E-state index is 9.57. The highest BCUT2D eigenvalue weighted by molar-refractivity contribution is 4.98. The van der Waals surface area contributed by atoms with E-state index in [0.29, 0.717) is 6.54 Å². The first-order valence-corrected chi connectivity index (χ1v) is 4.07. The van der Waals surface area contributed by atoms with Crippen molar-refractivity contribution >= 4 is 0 Å². The fourth-order valence-electron chi connectivity index (χ4n) is 0.939. The molecule has 0 aromatic carbocycles. The predicted molar refractivity (Wildman–Crippen MR) is 46.2 cm³/mol. The van der Waals surface area contributed by atoms with E-state index in [9.17, 15) is 5.11 Å². The highest BCUT2D eigenvalue weighted by Crippen LogP contribution is 2.12. The van der Waals surface area contributed by atoms with Crippen molar-refractivity contribution < 1.29 is 5.11 Å². The zero-order valence-electron chi connectivity index (χ0n) is 7.44. The van der Waals surface area contributed by atoms with Crippen molar-refractivity contribution in [2.45, 2.75) is 26.6 Å². The van der Waals surface area contributed by atoms with Crippen LogP contribution in [-0.4, -0.2) is 14.9 Å². The Morgan fingerprint density at radius 1 is 1.67 bits per heavy atom. The molecular formula is C8H15N3O. The third-order valence-corrected chi connectivity index (χ3v) is 1.74. The Bertz CT molecular complexity index is 244. The molecule has 4 heteroatoms. The van der Waals surface area contributed by atoms with Crippen LogP contribution < -0.4 is 5.73 Å². The molecule has 0 fully saturated rings. The van der Waals surface area contributed by atoms with Gasteiger partial charge in [-0.15, -0.1) is 0 Å². The van der Waals surface area contributed by atoms with Gasteiger partial charge in [0.1, 0.15) is 6.23 Å². The van der Waals surface area contributed by atoms with Gasteiger partial charge in [-0.25, -0.2) is 4.68 Å². The summed E-state index contributed by atoms with van der Waals surface area (Å²) in [5.74, 6) is 0.163. The Labute approximate surface area is 72.0 Å². The van der Waals surface area contributed by atoms with Crippen molar-refractivity contribution in [3.8, 4) is 0 Å². The van der Waals surface area contributed by atoms with E-state index >= 15 is 0 Å². The van der Waals surface area contributed by atoms with Crippen LogP contribution in [0.4, 0.5) is 0 Å². The molecule has 0 spiro atoms. The Morgan fingerprint density at radius 3 is 2.75 bits per heavy atom.